The molecule has 0 bridgehead atoms. The molecule has 0 radical (unpaired) electrons. The Kier molecular flexibility index (Phi) is 3.80. The number of benzene rings is 3. The largest absolute Gasteiger partial charge is 0.428 e. The van der Waals surface area contributed by atoms with E-state index in [0.29, 0.717) is 0 Å². The summed E-state index contributed by atoms with van der Waals surface area (Å²) in [5.41, 5.74) is 1.32. The average Bonchev–Trinajstić information content (AvgIpc) is 2.52. The lowest BCUT2D eigenvalue weighted by Crippen LogP contribution is -2.51. The van der Waals surface area contributed by atoms with Crippen molar-refractivity contribution >= 4 is 24.4 Å². The fourth-order valence-corrected chi connectivity index (χ4v) is 4.98. The summed E-state index contributed by atoms with van der Waals surface area (Å²) in [4.78, 5) is 0. The maximum absolute atomic E-state index is 2.28. The molecule has 96 valence electrons. The summed E-state index contributed by atoms with van der Waals surface area (Å²) < 4.78 is 0. The zero-order valence-corrected chi connectivity index (χ0v) is 12.6. The molecule has 0 unspecified atom stereocenters. The van der Waals surface area contributed by atoms with Crippen molar-refractivity contribution in [3.8, 4) is 0 Å². The maximum atomic E-state index is 2.28. The van der Waals surface area contributed by atoms with Gasteiger partial charge in [-0.25, -0.2) is 0 Å². The van der Waals surface area contributed by atoms with Crippen LogP contribution in [0.2, 0.25) is 0 Å². The Balaban J connectivity index is 2.11. The van der Waals surface area contributed by atoms with E-state index in [1.807, 2.05) is 0 Å². The van der Waals surface area contributed by atoms with E-state index < -0.39 is 8.80 Å². The number of hydrogen-bond acceptors (Lipinski definition) is 0. The van der Waals surface area contributed by atoms with Crippen molar-refractivity contribution in [1.29, 1.82) is 0 Å². The second-order valence-corrected chi connectivity index (χ2v) is 7.46. The third kappa shape index (κ3) is 2.73. The van der Waals surface area contributed by atoms with E-state index in [-0.39, 0.29) is 0 Å². The topological polar surface area (TPSA) is 0 Å². The summed E-state index contributed by atoms with van der Waals surface area (Å²) in [6.45, 7) is 2.14. The zero-order valence-electron chi connectivity index (χ0n) is 11.6. The minimum absolute atomic E-state index is 0.894. The van der Waals surface area contributed by atoms with Crippen LogP contribution in [-0.2, 0) is 0 Å². The number of aryl methyl sites for hydroxylation is 1. The van der Waals surface area contributed by atoms with Crippen LogP contribution in [-0.4, -0.2) is 8.80 Å². The average molecular weight is 273 g/mol. The standard InChI is InChI=1S/C19H17Si/c1-16-12-14-19(15-13-16)20(17-8-4-2-5-9-17)18-10-6-3-7-11-18/h2-15H,1H3/q+1. The number of rotatable bonds is 3. The molecule has 0 nitrogen and oxygen atoms in total. The highest BCUT2D eigenvalue weighted by Gasteiger charge is 2.35. The van der Waals surface area contributed by atoms with E-state index in [1.165, 1.54) is 21.1 Å². The van der Waals surface area contributed by atoms with Gasteiger partial charge in [-0.2, -0.15) is 0 Å². The van der Waals surface area contributed by atoms with E-state index in [9.17, 15) is 0 Å². The van der Waals surface area contributed by atoms with Gasteiger partial charge in [0.25, 0.3) is 0 Å². The first-order valence-electron chi connectivity index (χ1n) is 6.89. The van der Waals surface area contributed by atoms with Gasteiger partial charge in [0.1, 0.15) is 15.6 Å². The Morgan fingerprint density at radius 3 is 1.35 bits per heavy atom. The maximum Gasteiger partial charge on any atom is 0.428 e. The van der Waals surface area contributed by atoms with E-state index in [4.69, 9.17) is 0 Å². The highest BCUT2D eigenvalue weighted by molar-refractivity contribution is 6.95. The van der Waals surface area contributed by atoms with E-state index in [0.717, 1.165) is 0 Å². The summed E-state index contributed by atoms with van der Waals surface area (Å²) in [6.07, 6.45) is 0. The van der Waals surface area contributed by atoms with Gasteiger partial charge in [0.15, 0.2) is 0 Å². The van der Waals surface area contributed by atoms with Gasteiger partial charge < -0.3 is 0 Å². The predicted octanol–water partition coefficient (Wildman–Crippen LogP) is 2.51. The van der Waals surface area contributed by atoms with Crippen LogP contribution in [0.15, 0.2) is 84.9 Å². The van der Waals surface area contributed by atoms with Crippen LogP contribution < -0.4 is 15.6 Å². The monoisotopic (exact) mass is 273 g/mol. The minimum atomic E-state index is -0.894. The fraction of sp³-hybridized carbons (Fsp3) is 0.0526. The van der Waals surface area contributed by atoms with Crippen molar-refractivity contribution in [2.45, 2.75) is 6.92 Å². The molecule has 0 N–H and O–H groups in total. The van der Waals surface area contributed by atoms with Crippen molar-refractivity contribution in [2.75, 3.05) is 0 Å². The normalized spacial score (nSPS) is 10.2. The molecule has 0 saturated carbocycles. The van der Waals surface area contributed by atoms with Gasteiger partial charge in [-0.05, 0) is 43.3 Å². The molecule has 3 rings (SSSR count). The van der Waals surface area contributed by atoms with Crippen LogP contribution in [0.1, 0.15) is 5.56 Å². The molecule has 3 aromatic carbocycles. The third-order valence-electron chi connectivity index (χ3n) is 3.47. The van der Waals surface area contributed by atoms with E-state index >= 15 is 0 Å². The Morgan fingerprint density at radius 1 is 0.500 bits per heavy atom. The molecule has 0 aliphatic carbocycles. The molecule has 0 saturated heterocycles. The third-order valence-corrected chi connectivity index (χ3v) is 6.20. The molecule has 1 heteroatoms. The zero-order chi connectivity index (χ0) is 13.8. The van der Waals surface area contributed by atoms with Crippen molar-refractivity contribution in [1.82, 2.24) is 0 Å². The van der Waals surface area contributed by atoms with Gasteiger partial charge >= 0.3 is 8.80 Å². The quantitative estimate of drug-likeness (QED) is 0.508. The van der Waals surface area contributed by atoms with E-state index in [1.54, 1.807) is 0 Å². The Morgan fingerprint density at radius 2 is 0.900 bits per heavy atom. The SMILES string of the molecule is Cc1ccc([Si+](c2ccccc2)c2ccccc2)cc1. The second-order valence-electron chi connectivity index (χ2n) is 4.97. The van der Waals surface area contributed by atoms with Crippen molar-refractivity contribution in [3.63, 3.8) is 0 Å². The van der Waals surface area contributed by atoms with Crippen LogP contribution in [0.5, 0.6) is 0 Å². The molecule has 3 aromatic rings. The predicted molar refractivity (Wildman–Crippen MR) is 88.7 cm³/mol. The lowest BCUT2D eigenvalue weighted by atomic mass is 10.2. The smallest absolute Gasteiger partial charge is 0.0621 e. The summed E-state index contributed by atoms with van der Waals surface area (Å²) >= 11 is 0. The summed E-state index contributed by atoms with van der Waals surface area (Å²) in [5, 5.41) is 4.32. The molecular weight excluding hydrogens is 256 g/mol. The molecule has 0 fully saturated rings. The Hall–Kier alpha value is -2.12. The van der Waals surface area contributed by atoms with Gasteiger partial charge in [-0.15, -0.1) is 0 Å². The lowest BCUT2D eigenvalue weighted by molar-refractivity contribution is 1.49. The summed E-state index contributed by atoms with van der Waals surface area (Å²) in [5.74, 6) is 0. The lowest BCUT2D eigenvalue weighted by Gasteiger charge is -2.03. The molecule has 0 aliphatic rings. The Bertz CT molecular complexity index is 618. The fourth-order valence-electron chi connectivity index (χ4n) is 2.43. The van der Waals surface area contributed by atoms with Gasteiger partial charge in [-0.1, -0.05) is 54.1 Å². The molecule has 0 atom stereocenters. The highest BCUT2D eigenvalue weighted by atomic mass is 28.3. The first-order chi connectivity index (χ1) is 9.84. The van der Waals surface area contributed by atoms with Crippen molar-refractivity contribution in [3.05, 3.63) is 90.5 Å². The van der Waals surface area contributed by atoms with Gasteiger partial charge in [0.2, 0.25) is 0 Å². The molecule has 0 heterocycles. The first-order valence-corrected chi connectivity index (χ1v) is 8.39. The molecule has 0 aromatic heterocycles. The number of hydrogen-bond donors (Lipinski definition) is 0. The van der Waals surface area contributed by atoms with Crippen molar-refractivity contribution < 1.29 is 0 Å². The minimum Gasteiger partial charge on any atom is -0.0621 e. The second kappa shape index (κ2) is 5.89. The van der Waals surface area contributed by atoms with Crippen LogP contribution in [0.4, 0.5) is 0 Å². The molecule has 0 aliphatic heterocycles. The van der Waals surface area contributed by atoms with Gasteiger partial charge in [0, 0.05) is 0 Å². The Labute approximate surface area is 122 Å². The molecule has 0 amide bonds. The summed E-state index contributed by atoms with van der Waals surface area (Å²) in [6, 6.07) is 30.7. The van der Waals surface area contributed by atoms with Gasteiger partial charge in [-0.3, -0.25) is 0 Å². The van der Waals surface area contributed by atoms with Crippen LogP contribution in [0, 0.1) is 6.92 Å². The van der Waals surface area contributed by atoms with E-state index in [2.05, 4.69) is 91.9 Å². The van der Waals surface area contributed by atoms with Crippen LogP contribution >= 0.6 is 0 Å². The molecular formula is C19H17Si+. The van der Waals surface area contributed by atoms with Crippen LogP contribution in [0.3, 0.4) is 0 Å². The first kappa shape index (κ1) is 12.9. The van der Waals surface area contributed by atoms with Gasteiger partial charge in [0.05, 0.1) is 0 Å². The molecule has 0 spiro atoms. The molecule has 20 heavy (non-hydrogen) atoms. The van der Waals surface area contributed by atoms with Crippen molar-refractivity contribution in [2.24, 2.45) is 0 Å². The highest BCUT2D eigenvalue weighted by Crippen LogP contribution is 1.98. The summed E-state index contributed by atoms with van der Waals surface area (Å²) in [7, 11) is -0.894. The van der Waals surface area contributed by atoms with Crippen LogP contribution in [0.25, 0.3) is 0 Å².